The molecule has 0 atom stereocenters. The first-order valence-electron chi connectivity index (χ1n) is 11.8. The lowest BCUT2D eigenvalue weighted by molar-refractivity contribution is -0.116. The Morgan fingerprint density at radius 3 is 1.45 bits per heavy atom. The molecule has 29 heavy (non-hydrogen) atoms. The Labute approximate surface area is 182 Å². The maximum atomic E-state index is 11.0. The number of unbranched alkanes of at least 4 members (excludes halogenated alkanes) is 1. The zero-order chi connectivity index (χ0) is 22.1. The molecule has 1 heteroatoms. The van der Waals surface area contributed by atoms with Gasteiger partial charge in [0.15, 0.2) is 0 Å². The molecule has 0 rings (SSSR count). The Hall–Kier alpha value is -1.37. The number of hydrogen-bond acceptors (Lipinski definition) is 1. The molecule has 0 aliphatic carbocycles. The summed E-state index contributed by atoms with van der Waals surface area (Å²) in [5, 5.41) is 0. The summed E-state index contributed by atoms with van der Waals surface area (Å²) in [6, 6.07) is 0. The van der Waals surface area contributed by atoms with Gasteiger partial charge in [-0.2, -0.15) is 0 Å². The Balaban J connectivity index is 4.00. The number of rotatable bonds is 16. The average Bonchev–Trinajstić information content (AvgIpc) is 2.63. The molecular weight excluding hydrogens is 352 g/mol. The molecule has 0 aliphatic heterocycles. The first-order valence-corrected chi connectivity index (χ1v) is 11.8. The third-order valence-electron chi connectivity index (χ3n) is 5.44. The van der Waals surface area contributed by atoms with Gasteiger partial charge >= 0.3 is 0 Å². The van der Waals surface area contributed by atoms with E-state index in [4.69, 9.17) is 0 Å². The lowest BCUT2D eigenvalue weighted by atomic mass is 10.0. The molecule has 0 aromatic heterocycles. The SMILES string of the molecule is CC(=O)CCC(C)=CCCC(C)=CCC/C=C(\C)CC/C=C(\C)CCCC(C)C. The molecule has 0 amide bonds. The molecule has 0 heterocycles. The number of carbonyl (C=O) groups is 1. The van der Waals surface area contributed by atoms with Gasteiger partial charge in [0.25, 0.3) is 0 Å². The summed E-state index contributed by atoms with van der Waals surface area (Å²) in [4.78, 5) is 11.0. The molecule has 166 valence electrons. The number of allylic oxidation sites excluding steroid dienone is 8. The molecule has 0 N–H and O–H groups in total. The predicted molar refractivity (Wildman–Crippen MR) is 131 cm³/mol. The van der Waals surface area contributed by atoms with Crippen molar-refractivity contribution in [3.63, 3.8) is 0 Å². The fourth-order valence-electron chi connectivity index (χ4n) is 3.32. The van der Waals surface area contributed by atoms with Gasteiger partial charge in [-0.15, -0.1) is 0 Å². The van der Waals surface area contributed by atoms with Crippen LogP contribution in [0.3, 0.4) is 0 Å². The van der Waals surface area contributed by atoms with Gasteiger partial charge in [0.2, 0.25) is 0 Å². The van der Waals surface area contributed by atoms with Crippen molar-refractivity contribution in [2.45, 2.75) is 119 Å². The van der Waals surface area contributed by atoms with E-state index in [1.807, 2.05) is 0 Å². The van der Waals surface area contributed by atoms with Crippen molar-refractivity contribution in [3.8, 4) is 0 Å². The Bertz CT molecular complexity index is 569. The summed E-state index contributed by atoms with van der Waals surface area (Å²) in [6.45, 7) is 15.2. The quantitative estimate of drug-likeness (QED) is 0.186. The van der Waals surface area contributed by atoms with Gasteiger partial charge < -0.3 is 4.79 Å². The monoisotopic (exact) mass is 400 g/mol. The van der Waals surface area contributed by atoms with E-state index >= 15 is 0 Å². The van der Waals surface area contributed by atoms with Gasteiger partial charge in [-0.3, -0.25) is 0 Å². The maximum absolute atomic E-state index is 11.0. The number of ketones is 1. The zero-order valence-electron chi connectivity index (χ0n) is 20.6. The van der Waals surface area contributed by atoms with Crippen molar-refractivity contribution < 1.29 is 4.79 Å². The first-order chi connectivity index (χ1) is 13.7. The Kier molecular flexibility index (Phi) is 16.7. The summed E-state index contributed by atoms with van der Waals surface area (Å²) in [6.07, 6.45) is 21.9. The highest BCUT2D eigenvalue weighted by Crippen LogP contribution is 2.15. The normalized spacial score (nSPS) is 14.1. The molecule has 0 unspecified atom stereocenters. The van der Waals surface area contributed by atoms with E-state index in [2.05, 4.69) is 65.8 Å². The molecule has 0 radical (unpaired) electrons. The molecule has 1 nitrogen and oxygen atoms in total. The highest BCUT2D eigenvalue weighted by molar-refractivity contribution is 5.75. The summed E-state index contributed by atoms with van der Waals surface area (Å²) >= 11 is 0. The minimum absolute atomic E-state index is 0.282. The van der Waals surface area contributed by atoms with Crippen LogP contribution in [0.25, 0.3) is 0 Å². The predicted octanol–water partition coefficient (Wildman–Crippen LogP) is 9.31. The van der Waals surface area contributed by atoms with E-state index in [1.54, 1.807) is 12.5 Å². The molecule has 0 saturated carbocycles. The highest BCUT2D eigenvalue weighted by atomic mass is 16.1. The summed E-state index contributed by atoms with van der Waals surface area (Å²) < 4.78 is 0. The zero-order valence-corrected chi connectivity index (χ0v) is 20.6. The summed E-state index contributed by atoms with van der Waals surface area (Å²) in [7, 11) is 0. The molecule has 0 aromatic rings. The Morgan fingerprint density at radius 2 is 1.00 bits per heavy atom. The van der Waals surface area contributed by atoms with Crippen molar-refractivity contribution in [3.05, 3.63) is 46.6 Å². The minimum atomic E-state index is 0.282. The van der Waals surface area contributed by atoms with Crippen LogP contribution >= 0.6 is 0 Å². The van der Waals surface area contributed by atoms with Crippen LogP contribution in [0.2, 0.25) is 0 Å². The number of carbonyl (C=O) groups excluding carboxylic acids is 1. The van der Waals surface area contributed by atoms with E-state index in [1.165, 1.54) is 48.8 Å². The second-order valence-electron chi connectivity index (χ2n) is 9.34. The highest BCUT2D eigenvalue weighted by Gasteiger charge is 1.97. The minimum Gasteiger partial charge on any atom is -0.300 e. The van der Waals surface area contributed by atoms with Crippen LogP contribution in [0, 0.1) is 5.92 Å². The van der Waals surface area contributed by atoms with Crippen molar-refractivity contribution in [1.82, 2.24) is 0 Å². The summed E-state index contributed by atoms with van der Waals surface area (Å²) in [5.74, 6) is 1.11. The second-order valence-corrected chi connectivity index (χ2v) is 9.34. The van der Waals surface area contributed by atoms with Crippen molar-refractivity contribution in [1.29, 1.82) is 0 Å². The standard InChI is InChI=1S/C28H48O/c1-23(2)13-10-16-26(5)19-11-17-24(3)14-8-9-15-25(4)18-12-20-27(6)21-22-28(7)29/h14-15,19-20,23H,8-13,16-18,21-22H2,1-7H3/b24-14+,25-15?,26-19+,27-20?. The lowest BCUT2D eigenvalue weighted by Gasteiger charge is -2.05. The van der Waals surface area contributed by atoms with Gasteiger partial charge in [0.1, 0.15) is 5.78 Å². The van der Waals surface area contributed by atoms with Crippen molar-refractivity contribution in [2.24, 2.45) is 5.92 Å². The van der Waals surface area contributed by atoms with Crippen LogP contribution in [-0.2, 0) is 4.79 Å². The third kappa shape index (κ3) is 19.7. The van der Waals surface area contributed by atoms with Gasteiger partial charge in [-0.25, -0.2) is 0 Å². The van der Waals surface area contributed by atoms with E-state index < -0.39 is 0 Å². The fraction of sp³-hybridized carbons (Fsp3) is 0.679. The van der Waals surface area contributed by atoms with Gasteiger partial charge in [0.05, 0.1) is 0 Å². The van der Waals surface area contributed by atoms with E-state index in [0.29, 0.717) is 6.42 Å². The number of hydrogen-bond donors (Lipinski definition) is 0. The van der Waals surface area contributed by atoms with Crippen LogP contribution in [0.5, 0.6) is 0 Å². The van der Waals surface area contributed by atoms with Crippen LogP contribution in [0.4, 0.5) is 0 Å². The number of Topliss-reactive ketones (excluding diaryl/α,β-unsaturated/α-hetero) is 1. The van der Waals surface area contributed by atoms with E-state index in [9.17, 15) is 4.79 Å². The largest absolute Gasteiger partial charge is 0.300 e. The van der Waals surface area contributed by atoms with Crippen molar-refractivity contribution in [2.75, 3.05) is 0 Å². The Morgan fingerprint density at radius 1 is 0.586 bits per heavy atom. The fourth-order valence-corrected chi connectivity index (χ4v) is 3.32. The third-order valence-corrected chi connectivity index (χ3v) is 5.44. The average molecular weight is 401 g/mol. The van der Waals surface area contributed by atoms with Gasteiger partial charge in [0, 0.05) is 6.42 Å². The first kappa shape index (κ1) is 27.6. The van der Waals surface area contributed by atoms with Crippen LogP contribution in [0.15, 0.2) is 46.6 Å². The molecule has 0 bridgehead atoms. The topological polar surface area (TPSA) is 17.1 Å². The lowest BCUT2D eigenvalue weighted by Crippen LogP contribution is -1.90. The van der Waals surface area contributed by atoms with E-state index in [-0.39, 0.29) is 5.78 Å². The second kappa shape index (κ2) is 17.5. The van der Waals surface area contributed by atoms with E-state index in [0.717, 1.165) is 38.0 Å². The van der Waals surface area contributed by atoms with Crippen LogP contribution in [0.1, 0.15) is 119 Å². The van der Waals surface area contributed by atoms with Crippen molar-refractivity contribution >= 4 is 5.78 Å². The maximum Gasteiger partial charge on any atom is 0.130 e. The molecule has 0 aromatic carbocycles. The van der Waals surface area contributed by atoms with Crippen LogP contribution in [-0.4, -0.2) is 5.78 Å². The van der Waals surface area contributed by atoms with Crippen LogP contribution < -0.4 is 0 Å². The molecule has 0 aliphatic rings. The smallest absolute Gasteiger partial charge is 0.130 e. The molecule has 0 saturated heterocycles. The van der Waals surface area contributed by atoms with Gasteiger partial charge in [-0.05, 0) is 98.3 Å². The molecule has 0 fully saturated rings. The van der Waals surface area contributed by atoms with Gasteiger partial charge in [-0.1, -0.05) is 66.9 Å². The summed E-state index contributed by atoms with van der Waals surface area (Å²) in [5.41, 5.74) is 5.90. The molecule has 0 spiro atoms. The molecular formula is C28H48O.